The Labute approximate surface area is 181 Å². The van der Waals surface area contributed by atoms with Gasteiger partial charge in [0, 0.05) is 52.4 Å². The van der Waals surface area contributed by atoms with Crippen LogP contribution in [0, 0.1) is 0 Å². The monoisotopic (exact) mass is 450 g/mol. The first kappa shape index (κ1) is 31.1. The standard InChI is InChI=1S/C16H34N4O5.2CO2/c1-17-3-4-18(2)6-9-20(14(12-21)15(23)13-22)10-8-19(7-5-17)11-16(24)25;2*2-1-3/h14-15,21-23H,3-13H2,1-2H3,(H,24,25);;. The largest absolute Gasteiger partial charge is 0.480 e. The number of carboxylic acids is 1. The number of carboxylic acid groups (broad SMARTS) is 1. The smallest absolute Gasteiger partial charge is 0.373 e. The fraction of sp³-hybridized carbons (Fsp3) is 0.833. The van der Waals surface area contributed by atoms with Crippen LogP contribution in [0.1, 0.15) is 0 Å². The molecule has 1 aliphatic rings. The van der Waals surface area contributed by atoms with Crippen molar-refractivity contribution in [1.29, 1.82) is 0 Å². The van der Waals surface area contributed by atoms with E-state index in [1.54, 1.807) is 0 Å². The van der Waals surface area contributed by atoms with Crippen LogP contribution >= 0.6 is 0 Å². The number of aliphatic hydroxyl groups is 3. The van der Waals surface area contributed by atoms with Gasteiger partial charge in [-0.1, -0.05) is 0 Å². The van der Waals surface area contributed by atoms with Crippen molar-refractivity contribution in [3.8, 4) is 0 Å². The van der Waals surface area contributed by atoms with Crippen LogP contribution in [0.15, 0.2) is 0 Å². The number of aliphatic carboxylic acids is 1. The van der Waals surface area contributed by atoms with Crippen molar-refractivity contribution < 1.29 is 44.4 Å². The molecule has 2 atom stereocenters. The minimum absolute atomic E-state index is 0.0338. The van der Waals surface area contributed by atoms with Crippen molar-refractivity contribution in [3.05, 3.63) is 0 Å². The van der Waals surface area contributed by atoms with Crippen molar-refractivity contribution in [2.24, 2.45) is 0 Å². The molecule has 4 N–H and O–H groups in total. The zero-order valence-corrected chi connectivity index (χ0v) is 18.1. The number of carbonyl (C=O) groups excluding carboxylic acids is 4. The van der Waals surface area contributed by atoms with Crippen LogP contribution in [0.2, 0.25) is 0 Å². The van der Waals surface area contributed by atoms with Gasteiger partial charge in [-0.25, -0.2) is 0 Å². The summed E-state index contributed by atoms with van der Waals surface area (Å²) in [4.78, 5) is 51.8. The number of hydrogen-bond acceptors (Lipinski definition) is 12. The molecular weight excluding hydrogens is 416 g/mol. The first-order chi connectivity index (χ1) is 14.7. The zero-order chi connectivity index (χ0) is 24.2. The maximum atomic E-state index is 11.1. The van der Waals surface area contributed by atoms with Crippen LogP contribution in [-0.2, 0) is 24.0 Å². The van der Waals surface area contributed by atoms with Gasteiger partial charge in [0.2, 0.25) is 0 Å². The molecule has 180 valence electrons. The van der Waals surface area contributed by atoms with E-state index in [9.17, 15) is 20.1 Å². The Hall–Kier alpha value is -2.05. The molecule has 0 spiro atoms. The van der Waals surface area contributed by atoms with Crippen LogP contribution in [-0.4, -0.2) is 157 Å². The van der Waals surface area contributed by atoms with E-state index in [4.69, 9.17) is 24.3 Å². The lowest BCUT2D eigenvalue weighted by Crippen LogP contribution is -2.53. The molecule has 0 saturated carbocycles. The van der Waals surface area contributed by atoms with Gasteiger partial charge in [0.15, 0.2) is 0 Å². The third-order valence-electron chi connectivity index (χ3n) is 4.78. The molecule has 0 aromatic heterocycles. The summed E-state index contributed by atoms with van der Waals surface area (Å²) in [5.41, 5.74) is 0. The van der Waals surface area contributed by atoms with Gasteiger partial charge in [0.05, 0.1) is 31.9 Å². The van der Waals surface area contributed by atoms with Crippen molar-refractivity contribution in [3.63, 3.8) is 0 Å². The van der Waals surface area contributed by atoms with E-state index in [0.29, 0.717) is 26.2 Å². The molecular formula is C18H34N4O9. The van der Waals surface area contributed by atoms with Crippen LogP contribution in [0.4, 0.5) is 0 Å². The van der Waals surface area contributed by atoms with E-state index in [1.807, 2.05) is 23.9 Å². The normalized spacial score (nSPS) is 19.5. The lowest BCUT2D eigenvalue weighted by atomic mass is 10.1. The molecule has 1 fully saturated rings. The number of carbonyl (C=O) groups is 1. The third-order valence-corrected chi connectivity index (χ3v) is 4.78. The average molecular weight is 450 g/mol. The van der Waals surface area contributed by atoms with Gasteiger partial charge in [0.25, 0.3) is 0 Å². The molecule has 1 rings (SSSR count). The van der Waals surface area contributed by atoms with Gasteiger partial charge in [-0.2, -0.15) is 19.2 Å². The highest BCUT2D eigenvalue weighted by Gasteiger charge is 2.26. The number of aliphatic hydroxyl groups excluding tert-OH is 3. The molecule has 13 nitrogen and oxygen atoms in total. The number of hydrogen-bond donors (Lipinski definition) is 4. The number of nitrogens with zero attached hydrogens (tertiary/aromatic N) is 4. The summed E-state index contributed by atoms with van der Waals surface area (Å²) in [7, 11) is 4.06. The molecule has 0 bridgehead atoms. The second kappa shape index (κ2) is 19.9. The Bertz CT molecular complexity index is 528. The summed E-state index contributed by atoms with van der Waals surface area (Å²) in [6, 6.07) is -0.560. The highest BCUT2D eigenvalue weighted by atomic mass is 16.4. The average Bonchev–Trinajstić information content (AvgIpc) is 2.71. The van der Waals surface area contributed by atoms with Gasteiger partial charge in [-0.3, -0.25) is 14.6 Å². The topological polar surface area (TPSA) is 179 Å². The van der Waals surface area contributed by atoms with Gasteiger partial charge in [-0.05, 0) is 14.1 Å². The summed E-state index contributed by atoms with van der Waals surface area (Å²) < 4.78 is 0. The highest BCUT2D eigenvalue weighted by Crippen LogP contribution is 2.07. The summed E-state index contributed by atoms with van der Waals surface area (Å²) >= 11 is 0. The quantitative estimate of drug-likeness (QED) is 0.309. The Balaban J connectivity index is 0. The van der Waals surface area contributed by atoms with Crippen molar-refractivity contribution in [2.45, 2.75) is 12.1 Å². The maximum Gasteiger partial charge on any atom is 0.373 e. The second-order valence-corrected chi connectivity index (χ2v) is 6.98. The van der Waals surface area contributed by atoms with Crippen LogP contribution < -0.4 is 0 Å². The predicted octanol–water partition coefficient (Wildman–Crippen LogP) is -3.90. The molecule has 2 unspecified atom stereocenters. The molecule has 1 aliphatic heterocycles. The van der Waals surface area contributed by atoms with Crippen LogP contribution in [0.3, 0.4) is 0 Å². The third kappa shape index (κ3) is 16.3. The molecule has 0 radical (unpaired) electrons. The molecule has 31 heavy (non-hydrogen) atoms. The molecule has 13 heteroatoms. The molecule has 0 aliphatic carbocycles. The van der Waals surface area contributed by atoms with Crippen LogP contribution in [0.5, 0.6) is 0 Å². The summed E-state index contributed by atoms with van der Waals surface area (Å²) in [6.07, 6.45) is -0.526. The minimum Gasteiger partial charge on any atom is -0.480 e. The Morgan fingerprint density at radius 3 is 1.61 bits per heavy atom. The van der Waals surface area contributed by atoms with E-state index >= 15 is 0 Å². The van der Waals surface area contributed by atoms with E-state index in [2.05, 4.69) is 9.80 Å². The SMILES string of the molecule is CN1CCN(C)CCN(C(CO)C(O)CO)CCN(CC(=O)O)CC1.O=C=O.O=C=O. The van der Waals surface area contributed by atoms with E-state index < -0.39 is 24.7 Å². The fourth-order valence-corrected chi connectivity index (χ4v) is 2.95. The maximum absolute atomic E-state index is 11.1. The summed E-state index contributed by atoms with van der Waals surface area (Å²) in [6.45, 7) is 4.94. The van der Waals surface area contributed by atoms with Gasteiger partial charge in [0.1, 0.15) is 0 Å². The first-order valence-electron chi connectivity index (χ1n) is 9.64. The summed E-state index contributed by atoms with van der Waals surface area (Å²) in [5, 5.41) is 38.0. The molecule has 0 amide bonds. The lowest BCUT2D eigenvalue weighted by molar-refractivity contribution is -0.193. The van der Waals surface area contributed by atoms with Crippen LogP contribution in [0.25, 0.3) is 0 Å². The molecule has 0 aromatic rings. The molecule has 1 heterocycles. The summed E-state index contributed by atoms with van der Waals surface area (Å²) in [5.74, 6) is -0.866. The van der Waals surface area contributed by atoms with E-state index in [-0.39, 0.29) is 25.5 Å². The van der Waals surface area contributed by atoms with Gasteiger partial charge in [-0.15, -0.1) is 0 Å². The predicted molar refractivity (Wildman–Crippen MR) is 105 cm³/mol. The highest BCUT2D eigenvalue weighted by molar-refractivity contribution is 5.69. The second-order valence-electron chi connectivity index (χ2n) is 6.98. The zero-order valence-electron chi connectivity index (χ0n) is 18.1. The number of likely N-dealkylation sites (N-methyl/N-ethyl adjacent to an activating group) is 2. The molecule has 0 aromatic carbocycles. The van der Waals surface area contributed by atoms with Gasteiger partial charge < -0.3 is 30.2 Å². The van der Waals surface area contributed by atoms with E-state index in [0.717, 1.165) is 26.2 Å². The number of rotatable bonds is 6. The first-order valence-corrected chi connectivity index (χ1v) is 9.64. The Kier molecular flexibility index (Phi) is 20.0. The van der Waals surface area contributed by atoms with Crippen molar-refractivity contribution in [2.75, 3.05) is 86.2 Å². The van der Waals surface area contributed by atoms with E-state index in [1.165, 1.54) is 0 Å². The van der Waals surface area contributed by atoms with Crippen molar-refractivity contribution in [1.82, 2.24) is 19.6 Å². The van der Waals surface area contributed by atoms with Gasteiger partial charge >= 0.3 is 18.3 Å². The molecule has 1 saturated heterocycles. The fourth-order valence-electron chi connectivity index (χ4n) is 2.95. The Morgan fingerprint density at radius 1 is 0.806 bits per heavy atom. The minimum atomic E-state index is -1.03. The van der Waals surface area contributed by atoms with Crippen molar-refractivity contribution >= 4 is 18.3 Å². The Morgan fingerprint density at radius 2 is 1.19 bits per heavy atom. The lowest BCUT2D eigenvalue weighted by Gasteiger charge is -2.36.